The van der Waals surface area contributed by atoms with Crippen LogP contribution in [0.15, 0.2) is 42.5 Å². The average molecular weight is 459 g/mol. The van der Waals surface area contributed by atoms with E-state index >= 15 is 0 Å². The molecule has 8 heteroatoms. The molecule has 0 heterocycles. The number of ketones is 1. The number of carbonyl (C=O) groups excluding carboxylic acids is 3. The Morgan fingerprint density at radius 2 is 1.52 bits per heavy atom. The van der Waals surface area contributed by atoms with E-state index < -0.39 is 46.1 Å². The molecule has 33 heavy (non-hydrogen) atoms. The molecule has 2 amide bonds. The summed E-state index contributed by atoms with van der Waals surface area (Å²) in [5.41, 5.74) is -1.39. The monoisotopic (exact) mass is 458 g/mol. The lowest BCUT2D eigenvalue weighted by Crippen LogP contribution is -2.50. The smallest absolute Gasteiger partial charge is 0.407 e. The second-order valence-electron chi connectivity index (χ2n) is 9.72. The zero-order valence-electron chi connectivity index (χ0n) is 19.3. The molecule has 2 N–H and O–H groups in total. The van der Waals surface area contributed by atoms with Gasteiger partial charge in [-0.05, 0) is 58.7 Å². The van der Waals surface area contributed by atoms with Crippen LogP contribution in [-0.4, -0.2) is 35.0 Å². The van der Waals surface area contributed by atoms with Crippen molar-refractivity contribution in [3.8, 4) is 0 Å². The Balaban J connectivity index is 1.63. The molecule has 6 nitrogen and oxygen atoms in total. The summed E-state index contributed by atoms with van der Waals surface area (Å²) in [5.74, 6) is -3.29. The number of halogens is 2. The summed E-state index contributed by atoms with van der Waals surface area (Å²) in [6, 6.07) is 9.95. The SMILES string of the molecule is CC(C)(C)OC(=O)N[C@H]1CC1c1ccc(C(=O)C(C)(C)NC(=O)c2c(F)cccc2F)cc1. The summed E-state index contributed by atoms with van der Waals surface area (Å²) < 4.78 is 33.1. The van der Waals surface area contributed by atoms with Crippen molar-refractivity contribution in [1.82, 2.24) is 10.6 Å². The van der Waals surface area contributed by atoms with E-state index in [1.807, 2.05) is 0 Å². The molecule has 2 aromatic rings. The summed E-state index contributed by atoms with van der Waals surface area (Å²) in [6.07, 6.45) is 0.299. The molecule has 1 unspecified atom stereocenters. The van der Waals surface area contributed by atoms with Crippen LogP contribution in [0.25, 0.3) is 0 Å². The maximum Gasteiger partial charge on any atom is 0.407 e. The molecule has 0 aliphatic heterocycles. The first-order valence-electron chi connectivity index (χ1n) is 10.7. The number of carbonyl (C=O) groups is 3. The molecule has 0 radical (unpaired) electrons. The van der Waals surface area contributed by atoms with E-state index in [1.54, 1.807) is 45.0 Å². The molecule has 1 aliphatic rings. The van der Waals surface area contributed by atoms with Gasteiger partial charge in [0.15, 0.2) is 5.78 Å². The predicted octanol–water partition coefficient (Wildman–Crippen LogP) is 4.74. The number of rotatable bonds is 6. The highest BCUT2D eigenvalue weighted by Crippen LogP contribution is 2.41. The van der Waals surface area contributed by atoms with E-state index in [0.717, 1.165) is 30.2 Å². The number of amides is 2. The van der Waals surface area contributed by atoms with E-state index in [9.17, 15) is 23.2 Å². The number of hydrogen-bond acceptors (Lipinski definition) is 4. The van der Waals surface area contributed by atoms with Gasteiger partial charge in [-0.3, -0.25) is 9.59 Å². The minimum Gasteiger partial charge on any atom is -0.444 e. The molecule has 0 aromatic heterocycles. The van der Waals surface area contributed by atoms with Gasteiger partial charge in [0.25, 0.3) is 5.91 Å². The molecule has 2 atom stereocenters. The van der Waals surface area contributed by atoms with Gasteiger partial charge in [0.1, 0.15) is 22.8 Å². The summed E-state index contributed by atoms with van der Waals surface area (Å²) in [6.45, 7) is 8.33. The topological polar surface area (TPSA) is 84.5 Å². The van der Waals surface area contributed by atoms with Crippen molar-refractivity contribution < 1.29 is 27.9 Å². The molecular weight excluding hydrogens is 430 g/mol. The highest BCUT2D eigenvalue weighted by atomic mass is 19.1. The van der Waals surface area contributed by atoms with Crippen LogP contribution in [0.2, 0.25) is 0 Å². The molecule has 0 bridgehead atoms. The highest BCUT2D eigenvalue weighted by Gasteiger charge is 2.40. The highest BCUT2D eigenvalue weighted by molar-refractivity contribution is 6.06. The van der Waals surface area contributed by atoms with Gasteiger partial charge in [0, 0.05) is 17.5 Å². The summed E-state index contributed by atoms with van der Waals surface area (Å²) in [4.78, 5) is 37.3. The summed E-state index contributed by atoms with van der Waals surface area (Å²) in [7, 11) is 0. The van der Waals surface area contributed by atoms with Gasteiger partial charge >= 0.3 is 6.09 Å². The van der Waals surface area contributed by atoms with E-state index in [2.05, 4.69) is 10.6 Å². The van der Waals surface area contributed by atoms with Gasteiger partial charge in [-0.25, -0.2) is 13.6 Å². The molecule has 1 fully saturated rings. The Morgan fingerprint density at radius 1 is 0.939 bits per heavy atom. The van der Waals surface area contributed by atoms with Crippen LogP contribution < -0.4 is 10.6 Å². The fourth-order valence-corrected chi connectivity index (χ4v) is 3.54. The molecular formula is C25H28F2N2O4. The van der Waals surface area contributed by atoms with E-state index in [1.165, 1.54) is 13.8 Å². The first kappa shape index (κ1) is 24.4. The quantitative estimate of drug-likeness (QED) is 0.613. The lowest BCUT2D eigenvalue weighted by Gasteiger charge is -2.25. The Hall–Kier alpha value is -3.29. The fourth-order valence-electron chi connectivity index (χ4n) is 3.54. The van der Waals surface area contributed by atoms with Crippen molar-refractivity contribution in [2.24, 2.45) is 0 Å². The van der Waals surface area contributed by atoms with Gasteiger partial charge in [-0.15, -0.1) is 0 Å². The molecule has 0 saturated heterocycles. The second kappa shape index (κ2) is 8.92. The minimum absolute atomic E-state index is 0.0344. The van der Waals surface area contributed by atoms with Gasteiger partial charge in [0.2, 0.25) is 0 Å². The van der Waals surface area contributed by atoms with E-state index in [4.69, 9.17) is 4.74 Å². The summed E-state index contributed by atoms with van der Waals surface area (Å²) >= 11 is 0. The van der Waals surface area contributed by atoms with Crippen LogP contribution in [0.3, 0.4) is 0 Å². The van der Waals surface area contributed by atoms with Gasteiger partial charge in [0.05, 0.1) is 5.54 Å². The lowest BCUT2D eigenvalue weighted by atomic mass is 9.91. The van der Waals surface area contributed by atoms with Crippen LogP contribution in [0.5, 0.6) is 0 Å². The van der Waals surface area contributed by atoms with Gasteiger partial charge in [-0.1, -0.05) is 30.3 Å². The summed E-state index contributed by atoms with van der Waals surface area (Å²) in [5, 5.41) is 5.25. The zero-order chi connectivity index (χ0) is 24.6. The van der Waals surface area contributed by atoms with Crippen molar-refractivity contribution in [1.29, 1.82) is 0 Å². The minimum atomic E-state index is -1.40. The number of hydrogen-bond donors (Lipinski definition) is 2. The number of Topliss-reactive ketones (excluding diaryl/α,β-unsaturated/α-hetero) is 1. The van der Waals surface area contributed by atoms with Crippen molar-refractivity contribution in [3.05, 3.63) is 70.8 Å². The Labute approximate surface area is 191 Å². The molecule has 176 valence electrons. The van der Waals surface area contributed by atoms with Crippen LogP contribution >= 0.6 is 0 Å². The maximum absolute atomic E-state index is 13.9. The Kier molecular flexibility index (Phi) is 6.58. The number of benzene rings is 2. The number of alkyl carbamates (subject to hydrolysis) is 1. The maximum atomic E-state index is 13.9. The lowest BCUT2D eigenvalue weighted by molar-refractivity contribution is 0.0522. The standard InChI is InChI=1S/C25H28F2N2O4/c1-24(2,3)33-23(32)28-19-13-16(19)14-9-11-15(12-10-14)21(30)25(4,5)29-22(31)20-17(26)7-6-8-18(20)27/h6-12,16,19H,13H2,1-5H3,(H,28,32)(H,29,31)/t16?,19-/m0/s1. The number of ether oxygens (including phenoxy) is 1. The van der Waals surface area contributed by atoms with E-state index in [-0.39, 0.29) is 12.0 Å². The third kappa shape index (κ3) is 5.94. The molecule has 3 rings (SSSR count). The Bertz CT molecular complexity index is 1050. The third-order valence-electron chi connectivity index (χ3n) is 5.28. The van der Waals surface area contributed by atoms with Gasteiger partial charge < -0.3 is 15.4 Å². The van der Waals surface area contributed by atoms with Crippen molar-refractivity contribution >= 4 is 17.8 Å². The zero-order valence-corrected chi connectivity index (χ0v) is 19.3. The second-order valence-corrected chi connectivity index (χ2v) is 9.72. The fraction of sp³-hybridized carbons (Fsp3) is 0.400. The normalized spacial score (nSPS) is 17.8. The van der Waals surface area contributed by atoms with Crippen molar-refractivity contribution in [2.45, 2.75) is 64.1 Å². The first-order valence-corrected chi connectivity index (χ1v) is 10.7. The number of nitrogens with one attached hydrogen (secondary N) is 2. The van der Waals surface area contributed by atoms with E-state index in [0.29, 0.717) is 5.56 Å². The average Bonchev–Trinajstić information content (AvgIpc) is 3.44. The first-order chi connectivity index (χ1) is 15.3. The third-order valence-corrected chi connectivity index (χ3v) is 5.28. The largest absolute Gasteiger partial charge is 0.444 e. The Morgan fingerprint density at radius 3 is 2.06 bits per heavy atom. The van der Waals surface area contributed by atoms with Crippen molar-refractivity contribution in [3.63, 3.8) is 0 Å². The molecule has 2 aromatic carbocycles. The van der Waals surface area contributed by atoms with Crippen LogP contribution in [0, 0.1) is 11.6 Å². The predicted molar refractivity (Wildman–Crippen MR) is 119 cm³/mol. The molecule has 0 spiro atoms. The molecule has 1 saturated carbocycles. The van der Waals surface area contributed by atoms with Crippen LogP contribution in [-0.2, 0) is 4.74 Å². The molecule has 1 aliphatic carbocycles. The van der Waals surface area contributed by atoms with Crippen LogP contribution in [0.4, 0.5) is 13.6 Å². The van der Waals surface area contributed by atoms with Gasteiger partial charge in [-0.2, -0.15) is 0 Å². The van der Waals surface area contributed by atoms with Crippen molar-refractivity contribution in [2.75, 3.05) is 0 Å². The van der Waals surface area contributed by atoms with Crippen LogP contribution in [0.1, 0.15) is 73.2 Å².